The van der Waals surface area contributed by atoms with Crippen LogP contribution < -0.4 is 22.1 Å². The summed E-state index contributed by atoms with van der Waals surface area (Å²) in [5.74, 6) is 0.0233. The van der Waals surface area contributed by atoms with Crippen LogP contribution in [-0.4, -0.2) is 34.3 Å². The molecule has 0 spiro atoms. The fraction of sp³-hybridized carbons (Fsp3) is 0.429. The monoisotopic (exact) mass is 195 g/mol. The zero-order valence-corrected chi connectivity index (χ0v) is 7.27. The first-order chi connectivity index (χ1) is 6.70. The SMILES string of the molecule is Nc1nc2c(c(=O)[nH]1)=NC(CO)CN=2. The van der Waals surface area contributed by atoms with Crippen LogP contribution in [0.1, 0.15) is 0 Å². The van der Waals surface area contributed by atoms with Gasteiger partial charge in [0.1, 0.15) is 0 Å². The lowest BCUT2D eigenvalue weighted by Gasteiger charge is -2.08. The van der Waals surface area contributed by atoms with E-state index in [-0.39, 0.29) is 29.4 Å². The number of nitrogens with two attached hydrogens (primary N) is 1. The molecule has 0 amide bonds. The predicted molar refractivity (Wildman–Crippen MR) is 47.3 cm³/mol. The number of anilines is 1. The Morgan fingerprint density at radius 2 is 2.43 bits per heavy atom. The van der Waals surface area contributed by atoms with Gasteiger partial charge >= 0.3 is 0 Å². The number of nitrogen functional groups attached to an aromatic ring is 1. The molecule has 0 saturated heterocycles. The lowest BCUT2D eigenvalue weighted by atomic mass is 10.3. The fourth-order valence-electron chi connectivity index (χ4n) is 1.21. The van der Waals surface area contributed by atoms with Gasteiger partial charge in [-0.15, -0.1) is 0 Å². The maximum atomic E-state index is 11.3. The van der Waals surface area contributed by atoms with Crippen molar-refractivity contribution in [1.29, 1.82) is 0 Å². The molecule has 1 aliphatic heterocycles. The van der Waals surface area contributed by atoms with Gasteiger partial charge in [-0.05, 0) is 0 Å². The zero-order valence-electron chi connectivity index (χ0n) is 7.27. The molecule has 0 radical (unpaired) electrons. The Morgan fingerprint density at radius 1 is 1.64 bits per heavy atom. The Balaban J connectivity index is 2.74. The lowest BCUT2D eigenvalue weighted by Crippen LogP contribution is -2.48. The molecule has 0 bridgehead atoms. The van der Waals surface area contributed by atoms with Crippen LogP contribution in [0.15, 0.2) is 14.8 Å². The van der Waals surface area contributed by atoms with E-state index in [4.69, 9.17) is 10.8 Å². The van der Waals surface area contributed by atoms with Crippen LogP contribution >= 0.6 is 0 Å². The van der Waals surface area contributed by atoms with Crippen LogP contribution in [0.5, 0.6) is 0 Å². The van der Waals surface area contributed by atoms with Gasteiger partial charge in [0.25, 0.3) is 5.56 Å². The van der Waals surface area contributed by atoms with Crippen molar-refractivity contribution in [3.63, 3.8) is 0 Å². The van der Waals surface area contributed by atoms with E-state index in [0.717, 1.165) is 0 Å². The molecule has 1 aromatic rings. The van der Waals surface area contributed by atoms with Crippen LogP contribution in [0.3, 0.4) is 0 Å². The molecule has 2 rings (SSSR count). The summed E-state index contributed by atoms with van der Waals surface area (Å²) in [6, 6.07) is -0.353. The topological polar surface area (TPSA) is 117 Å². The van der Waals surface area contributed by atoms with E-state index in [1.165, 1.54) is 0 Å². The van der Waals surface area contributed by atoms with E-state index in [0.29, 0.717) is 6.54 Å². The highest BCUT2D eigenvalue weighted by molar-refractivity contribution is 5.12. The number of nitrogens with zero attached hydrogens (tertiary/aromatic N) is 3. The lowest BCUT2D eigenvalue weighted by molar-refractivity contribution is 0.265. The van der Waals surface area contributed by atoms with Gasteiger partial charge in [-0.2, -0.15) is 4.98 Å². The molecule has 1 aromatic heterocycles. The molecule has 0 aliphatic carbocycles. The third-order valence-corrected chi connectivity index (χ3v) is 1.87. The van der Waals surface area contributed by atoms with Crippen molar-refractivity contribution < 1.29 is 5.11 Å². The second-order valence-corrected chi connectivity index (χ2v) is 2.93. The Labute approximate surface area is 78.0 Å². The molecule has 4 N–H and O–H groups in total. The summed E-state index contributed by atoms with van der Waals surface area (Å²) in [5, 5.41) is 8.99. The summed E-state index contributed by atoms with van der Waals surface area (Å²) in [4.78, 5) is 25.5. The molecular formula is C7H9N5O2. The highest BCUT2D eigenvalue weighted by Crippen LogP contribution is 1.90. The van der Waals surface area contributed by atoms with Crippen molar-refractivity contribution in [2.24, 2.45) is 9.98 Å². The van der Waals surface area contributed by atoms with Crippen LogP contribution in [0.2, 0.25) is 0 Å². The summed E-state index contributed by atoms with van der Waals surface area (Å²) < 4.78 is 0. The number of aliphatic hydroxyl groups excluding tert-OH is 1. The second kappa shape index (κ2) is 3.18. The first-order valence-corrected chi connectivity index (χ1v) is 4.09. The number of aromatic nitrogens is 2. The third-order valence-electron chi connectivity index (χ3n) is 1.87. The van der Waals surface area contributed by atoms with Crippen molar-refractivity contribution in [2.45, 2.75) is 6.04 Å². The highest BCUT2D eigenvalue weighted by Gasteiger charge is 2.11. The molecule has 2 heterocycles. The van der Waals surface area contributed by atoms with E-state index in [1.807, 2.05) is 0 Å². The number of hydrogen-bond acceptors (Lipinski definition) is 6. The van der Waals surface area contributed by atoms with Gasteiger partial charge in [0.15, 0.2) is 10.8 Å². The van der Waals surface area contributed by atoms with Gasteiger partial charge in [0.05, 0.1) is 19.2 Å². The van der Waals surface area contributed by atoms with Crippen LogP contribution in [0.25, 0.3) is 0 Å². The second-order valence-electron chi connectivity index (χ2n) is 2.93. The summed E-state index contributed by atoms with van der Waals surface area (Å²) in [6.45, 7) is 0.201. The van der Waals surface area contributed by atoms with Gasteiger partial charge in [-0.25, -0.2) is 0 Å². The van der Waals surface area contributed by atoms with E-state index in [1.54, 1.807) is 0 Å². The molecule has 1 aliphatic rings. The average Bonchev–Trinajstić information content (AvgIpc) is 2.17. The van der Waals surface area contributed by atoms with Gasteiger partial charge in [-0.1, -0.05) is 0 Å². The number of aliphatic hydroxyl groups is 1. The third kappa shape index (κ3) is 1.37. The zero-order chi connectivity index (χ0) is 10.1. The highest BCUT2D eigenvalue weighted by atomic mass is 16.3. The number of nitrogens with one attached hydrogen (secondary N) is 1. The van der Waals surface area contributed by atoms with Crippen molar-refractivity contribution in [3.05, 3.63) is 21.2 Å². The van der Waals surface area contributed by atoms with Crippen LogP contribution in [0, 0.1) is 0 Å². The number of H-pyrrole nitrogens is 1. The molecule has 7 nitrogen and oxygen atoms in total. The molecule has 0 fully saturated rings. The first-order valence-electron chi connectivity index (χ1n) is 4.09. The van der Waals surface area contributed by atoms with Gasteiger partial charge in [0.2, 0.25) is 5.95 Å². The summed E-state index contributed by atoms with van der Waals surface area (Å²) in [6.07, 6.45) is 0. The van der Waals surface area contributed by atoms with E-state index in [2.05, 4.69) is 20.0 Å². The van der Waals surface area contributed by atoms with E-state index < -0.39 is 5.56 Å². The number of aromatic amines is 1. The van der Waals surface area contributed by atoms with Crippen LogP contribution in [0.4, 0.5) is 5.95 Å². The molecular weight excluding hydrogens is 186 g/mol. The minimum Gasteiger partial charge on any atom is -0.394 e. The summed E-state index contributed by atoms with van der Waals surface area (Å²) in [7, 11) is 0. The normalized spacial score (nSPS) is 19.4. The summed E-state index contributed by atoms with van der Waals surface area (Å²) >= 11 is 0. The van der Waals surface area contributed by atoms with Crippen molar-refractivity contribution in [1.82, 2.24) is 9.97 Å². The van der Waals surface area contributed by atoms with Gasteiger partial charge < -0.3 is 10.8 Å². The molecule has 1 atom stereocenters. The van der Waals surface area contributed by atoms with Crippen molar-refractivity contribution in [3.8, 4) is 0 Å². The Kier molecular flexibility index (Phi) is 2.01. The first kappa shape index (κ1) is 8.82. The molecule has 0 aromatic carbocycles. The molecule has 74 valence electrons. The Hall–Kier alpha value is -1.76. The van der Waals surface area contributed by atoms with E-state index in [9.17, 15) is 4.79 Å². The largest absolute Gasteiger partial charge is 0.394 e. The van der Waals surface area contributed by atoms with Gasteiger partial charge in [-0.3, -0.25) is 19.8 Å². The minimum absolute atomic E-state index is 0.0233. The predicted octanol–water partition coefficient (Wildman–Crippen LogP) is -3.03. The number of rotatable bonds is 1. The Morgan fingerprint density at radius 3 is 3.14 bits per heavy atom. The van der Waals surface area contributed by atoms with E-state index >= 15 is 0 Å². The quantitative estimate of drug-likeness (QED) is 0.441. The standard InChI is InChI=1S/C7H9N5O2/c8-7-11-5-4(6(14)12-7)10-3(2-13)1-9-5/h3,13H,1-2H2,(H3,8,9,11,12,14). The molecule has 7 heteroatoms. The molecule has 1 unspecified atom stereocenters. The average molecular weight is 195 g/mol. The minimum atomic E-state index is -0.422. The van der Waals surface area contributed by atoms with Crippen molar-refractivity contribution >= 4 is 5.95 Å². The Bertz CT molecular complexity index is 520. The number of hydrogen-bond donors (Lipinski definition) is 3. The van der Waals surface area contributed by atoms with Crippen LogP contribution in [-0.2, 0) is 0 Å². The molecule has 0 saturated carbocycles. The van der Waals surface area contributed by atoms with Gasteiger partial charge in [0, 0.05) is 0 Å². The molecule has 14 heavy (non-hydrogen) atoms. The van der Waals surface area contributed by atoms with Crippen molar-refractivity contribution in [2.75, 3.05) is 18.9 Å². The number of fused-ring (bicyclic) bond motifs is 1. The maximum Gasteiger partial charge on any atom is 0.280 e. The smallest absolute Gasteiger partial charge is 0.280 e. The maximum absolute atomic E-state index is 11.3. The fourth-order valence-corrected chi connectivity index (χ4v) is 1.21. The summed E-state index contributed by atoms with van der Waals surface area (Å²) in [5.41, 5.74) is 5.16.